The van der Waals surface area contributed by atoms with Crippen LogP contribution in [0, 0.1) is 0 Å². The highest BCUT2D eigenvalue weighted by Gasteiger charge is 2.04. The average molecular weight is 213 g/mol. The summed E-state index contributed by atoms with van der Waals surface area (Å²) >= 11 is 0. The zero-order valence-corrected chi connectivity index (χ0v) is 9.58. The second-order valence-corrected chi connectivity index (χ2v) is 3.28. The molecule has 1 unspecified atom stereocenters. The number of carbonyl (C=O) groups is 2. The van der Waals surface area contributed by atoms with Crippen LogP contribution in [0.25, 0.3) is 0 Å². The molecule has 86 valence electrons. The van der Waals surface area contributed by atoms with E-state index in [1.165, 1.54) is 6.08 Å². The van der Waals surface area contributed by atoms with Crippen molar-refractivity contribution < 1.29 is 14.3 Å². The van der Waals surface area contributed by atoms with Gasteiger partial charge in [0.25, 0.3) is 0 Å². The van der Waals surface area contributed by atoms with E-state index < -0.39 is 5.97 Å². The summed E-state index contributed by atoms with van der Waals surface area (Å²) in [6, 6.07) is 0. The molecule has 0 fully saturated rings. The Kier molecular flexibility index (Phi) is 7.32. The Morgan fingerprint density at radius 1 is 1.33 bits per heavy atom. The zero-order chi connectivity index (χ0) is 11.7. The lowest BCUT2D eigenvalue weighted by atomic mass is 10.3. The van der Waals surface area contributed by atoms with E-state index in [4.69, 9.17) is 4.74 Å². The van der Waals surface area contributed by atoms with Crippen LogP contribution >= 0.6 is 0 Å². The first kappa shape index (κ1) is 13.7. The summed E-state index contributed by atoms with van der Waals surface area (Å²) in [4.78, 5) is 22.2. The van der Waals surface area contributed by atoms with E-state index in [2.05, 4.69) is 5.32 Å². The van der Waals surface area contributed by atoms with Gasteiger partial charge >= 0.3 is 5.97 Å². The van der Waals surface area contributed by atoms with Crippen LogP contribution in [0.5, 0.6) is 0 Å². The van der Waals surface area contributed by atoms with Crippen molar-refractivity contribution in [3.63, 3.8) is 0 Å². The molecule has 0 saturated carbocycles. The maximum Gasteiger partial charge on any atom is 0.331 e. The lowest BCUT2D eigenvalue weighted by Gasteiger charge is -2.07. The van der Waals surface area contributed by atoms with Crippen LogP contribution in [0.2, 0.25) is 0 Å². The SMILES string of the molecule is CCCNC(=O)/C=C\C(=O)OC(C)CC. The Bertz CT molecular complexity index is 236. The lowest BCUT2D eigenvalue weighted by molar-refractivity contribution is -0.142. The van der Waals surface area contributed by atoms with E-state index in [-0.39, 0.29) is 12.0 Å². The van der Waals surface area contributed by atoms with Crippen molar-refractivity contribution in [1.29, 1.82) is 0 Å². The minimum atomic E-state index is -0.476. The molecule has 0 aliphatic heterocycles. The standard InChI is InChI=1S/C11H19NO3/c1-4-8-12-10(13)6-7-11(14)15-9(3)5-2/h6-7,9H,4-5,8H2,1-3H3,(H,12,13)/b7-6-. The quantitative estimate of drug-likeness (QED) is 0.536. The molecule has 1 N–H and O–H groups in total. The van der Waals surface area contributed by atoms with E-state index in [0.717, 1.165) is 18.9 Å². The molecule has 0 spiro atoms. The normalized spacial score (nSPS) is 12.5. The van der Waals surface area contributed by atoms with Gasteiger partial charge in [0, 0.05) is 18.7 Å². The second kappa shape index (κ2) is 8.03. The number of rotatable bonds is 6. The molecule has 0 aromatic carbocycles. The van der Waals surface area contributed by atoms with Crippen molar-refractivity contribution in [2.24, 2.45) is 0 Å². The Morgan fingerprint density at radius 2 is 2.00 bits per heavy atom. The molecule has 0 aliphatic rings. The first-order valence-corrected chi connectivity index (χ1v) is 5.26. The van der Waals surface area contributed by atoms with Crippen molar-refractivity contribution in [2.75, 3.05) is 6.54 Å². The molecule has 0 aromatic heterocycles. The molecule has 1 atom stereocenters. The third kappa shape index (κ3) is 7.73. The number of nitrogens with one attached hydrogen (secondary N) is 1. The Hall–Kier alpha value is -1.32. The second-order valence-electron chi connectivity index (χ2n) is 3.28. The van der Waals surface area contributed by atoms with E-state index in [1.54, 1.807) is 0 Å². The number of carbonyl (C=O) groups excluding carboxylic acids is 2. The number of amides is 1. The van der Waals surface area contributed by atoms with Gasteiger partial charge in [-0.05, 0) is 19.8 Å². The monoisotopic (exact) mass is 213 g/mol. The fourth-order valence-electron chi connectivity index (χ4n) is 0.772. The number of ether oxygens (including phenoxy) is 1. The molecule has 0 aliphatic carbocycles. The van der Waals surface area contributed by atoms with Crippen molar-refractivity contribution in [3.05, 3.63) is 12.2 Å². The number of esters is 1. The van der Waals surface area contributed by atoms with Gasteiger partial charge in [0.2, 0.25) is 5.91 Å². The van der Waals surface area contributed by atoms with E-state index in [0.29, 0.717) is 6.54 Å². The zero-order valence-electron chi connectivity index (χ0n) is 9.58. The van der Waals surface area contributed by atoms with Gasteiger partial charge < -0.3 is 10.1 Å². The smallest absolute Gasteiger partial charge is 0.331 e. The topological polar surface area (TPSA) is 55.4 Å². The van der Waals surface area contributed by atoms with Crippen LogP contribution < -0.4 is 5.32 Å². The molecular formula is C11H19NO3. The first-order valence-electron chi connectivity index (χ1n) is 5.26. The van der Waals surface area contributed by atoms with E-state index in [1.807, 2.05) is 20.8 Å². The van der Waals surface area contributed by atoms with Crippen molar-refractivity contribution in [3.8, 4) is 0 Å². The molecular weight excluding hydrogens is 194 g/mol. The summed E-state index contributed by atoms with van der Waals surface area (Å²) in [5, 5.41) is 2.62. The van der Waals surface area contributed by atoms with Crippen LogP contribution in [0.4, 0.5) is 0 Å². The van der Waals surface area contributed by atoms with Gasteiger partial charge in [-0.15, -0.1) is 0 Å². The fraction of sp³-hybridized carbons (Fsp3) is 0.636. The highest BCUT2D eigenvalue weighted by atomic mass is 16.5. The van der Waals surface area contributed by atoms with E-state index >= 15 is 0 Å². The predicted molar refractivity (Wildman–Crippen MR) is 58.3 cm³/mol. The maximum atomic E-state index is 11.1. The van der Waals surface area contributed by atoms with Gasteiger partial charge in [-0.3, -0.25) is 4.79 Å². The van der Waals surface area contributed by atoms with Gasteiger partial charge in [-0.2, -0.15) is 0 Å². The van der Waals surface area contributed by atoms with Crippen LogP contribution in [0.3, 0.4) is 0 Å². The Balaban J connectivity index is 3.84. The fourth-order valence-corrected chi connectivity index (χ4v) is 0.772. The predicted octanol–water partition coefficient (Wildman–Crippen LogP) is 1.41. The molecule has 0 rings (SSSR count). The summed E-state index contributed by atoms with van der Waals surface area (Å²) < 4.78 is 4.95. The Labute approximate surface area is 90.7 Å². The van der Waals surface area contributed by atoms with Gasteiger partial charge in [0.05, 0.1) is 6.10 Å². The molecule has 4 nitrogen and oxygen atoms in total. The van der Waals surface area contributed by atoms with Crippen LogP contribution in [-0.4, -0.2) is 24.5 Å². The molecule has 0 heterocycles. The molecule has 0 saturated heterocycles. The van der Waals surface area contributed by atoms with E-state index in [9.17, 15) is 9.59 Å². The highest BCUT2D eigenvalue weighted by molar-refractivity contribution is 5.94. The third-order valence-corrected chi connectivity index (χ3v) is 1.81. The van der Waals surface area contributed by atoms with Crippen molar-refractivity contribution in [2.45, 2.75) is 39.7 Å². The minimum absolute atomic E-state index is 0.110. The number of hydrogen-bond donors (Lipinski definition) is 1. The van der Waals surface area contributed by atoms with Gasteiger partial charge in [-0.25, -0.2) is 4.79 Å². The first-order chi connectivity index (χ1) is 7.10. The molecule has 4 heteroatoms. The summed E-state index contributed by atoms with van der Waals surface area (Å²) in [6.07, 6.45) is 3.87. The highest BCUT2D eigenvalue weighted by Crippen LogP contribution is 1.96. The molecule has 0 bridgehead atoms. The maximum absolute atomic E-state index is 11.1. The largest absolute Gasteiger partial charge is 0.460 e. The average Bonchev–Trinajstić information content (AvgIpc) is 2.23. The van der Waals surface area contributed by atoms with Crippen molar-refractivity contribution >= 4 is 11.9 Å². The van der Waals surface area contributed by atoms with Gasteiger partial charge in [-0.1, -0.05) is 13.8 Å². The molecule has 1 amide bonds. The number of hydrogen-bond acceptors (Lipinski definition) is 3. The van der Waals surface area contributed by atoms with Gasteiger partial charge in [0.15, 0.2) is 0 Å². The lowest BCUT2D eigenvalue weighted by Crippen LogP contribution is -2.22. The molecule has 15 heavy (non-hydrogen) atoms. The Morgan fingerprint density at radius 3 is 2.53 bits per heavy atom. The summed E-state index contributed by atoms with van der Waals surface area (Å²) in [7, 11) is 0. The molecule has 0 aromatic rings. The summed E-state index contributed by atoms with van der Waals surface area (Å²) in [5.41, 5.74) is 0. The van der Waals surface area contributed by atoms with Crippen molar-refractivity contribution in [1.82, 2.24) is 5.32 Å². The summed E-state index contributed by atoms with van der Waals surface area (Å²) in [5.74, 6) is -0.742. The third-order valence-electron chi connectivity index (χ3n) is 1.81. The van der Waals surface area contributed by atoms with Gasteiger partial charge in [0.1, 0.15) is 0 Å². The molecule has 0 radical (unpaired) electrons. The minimum Gasteiger partial charge on any atom is -0.460 e. The van der Waals surface area contributed by atoms with Crippen LogP contribution in [0.15, 0.2) is 12.2 Å². The summed E-state index contributed by atoms with van der Waals surface area (Å²) in [6.45, 7) is 6.31. The van der Waals surface area contributed by atoms with Crippen LogP contribution in [-0.2, 0) is 14.3 Å². The van der Waals surface area contributed by atoms with Crippen LogP contribution in [0.1, 0.15) is 33.6 Å².